The summed E-state index contributed by atoms with van der Waals surface area (Å²) in [6, 6.07) is 16.5. The van der Waals surface area contributed by atoms with Crippen LogP contribution in [0.3, 0.4) is 0 Å². The van der Waals surface area contributed by atoms with Gasteiger partial charge in [-0.15, -0.1) is 0 Å². The summed E-state index contributed by atoms with van der Waals surface area (Å²) in [5, 5.41) is 0. The number of carbonyl (C=O) groups is 1. The second kappa shape index (κ2) is 8.27. The van der Waals surface area contributed by atoms with Crippen LogP contribution >= 0.6 is 0 Å². The molecular formula is C25H29N3O2. The first kappa shape index (κ1) is 20.1. The van der Waals surface area contributed by atoms with Crippen molar-refractivity contribution in [3.63, 3.8) is 0 Å². The Morgan fingerprint density at radius 3 is 2.23 bits per heavy atom. The molecule has 2 aromatic carbocycles. The molecule has 5 heteroatoms. The summed E-state index contributed by atoms with van der Waals surface area (Å²) < 4.78 is 5.24. The number of aromatic nitrogens is 1. The number of carbonyl (C=O) groups excluding carboxylic acids is 1. The third kappa shape index (κ3) is 3.92. The van der Waals surface area contributed by atoms with E-state index in [4.69, 9.17) is 4.74 Å². The van der Waals surface area contributed by atoms with E-state index in [1.807, 2.05) is 30.0 Å². The summed E-state index contributed by atoms with van der Waals surface area (Å²) in [5.41, 5.74) is 7.49. The molecular weight excluding hydrogens is 374 g/mol. The van der Waals surface area contributed by atoms with Gasteiger partial charge >= 0.3 is 0 Å². The van der Waals surface area contributed by atoms with Crippen LogP contribution in [0.5, 0.6) is 5.75 Å². The number of hydrogen-bond donors (Lipinski definition) is 1. The van der Waals surface area contributed by atoms with Crippen molar-refractivity contribution in [1.29, 1.82) is 0 Å². The van der Waals surface area contributed by atoms with Crippen molar-refractivity contribution >= 4 is 11.6 Å². The van der Waals surface area contributed by atoms with E-state index in [1.54, 1.807) is 7.11 Å². The Bertz CT molecular complexity index is 1040. The number of amides is 1. The first-order chi connectivity index (χ1) is 14.5. The quantitative estimate of drug-likeness (QED) is 0.694. The minimum atomic E-state index is 0.105. The van der Waals surface area contributed by atoms with Gasteiger partial charge in [-0.05, 0) is 73.9 Å². The second-order valence-electron chi connectivity index (χ2n) is 8.00. The average molecular weight is 404 g/mol. The maximum Gasteiger partial charge on any atom is 0.255 e. The summed E-state index contributed by atoms with van der Waals surface area (Å²) in [5.74, 6) is 0.961. The maximum atomic E-state index is 13.2. The first-order valence-electron chi connectivity index (χ1n) is 10.4. The second-order valence-corrected chi connectivity index (χ2v) is 8.00. The lowest BCUT2D eigenvalue weighted by atomic mass is 10.0. The number of aromatic amines is 1. The largest absolute Gasteiger partial charge is 0.497 e. The third-order valence-electron chi connectivity index (χ3n) is 6.07. The van der Waals surface area contributed by atoms with Crippen LogP contribution in [0.25, 0.3) is 11.3 Å². The predicted molar refractivity (Wildman–Crippen MR) is 122 cm³/mol. The number of hydrogen-bond acceptors (Lipinski definition) is 3. The van der Waals surface area contributed by atoms with Gasteiger partial charge < -0.3 is 19.5 Å². The molecule has 0 spiro atoms. The highest BCUT2D eigenvalue weighted by Crippen LogP contribution is 2.26. The fourth-order valence-electron chi connectivity index (χ4n) is 3.98. The van der Waals surface area contributed by atoms with Crippen LogP contribution < -0.4 is 9.64 Å². The summed E-state index contributed by atoms with van der Waals surface area (Å²) in [7, 11) is 1.67. The fraction of sp³-hybridized carbons (Fsp3) is 0.320. The molecule has 3 aromatic rings. The number of H-pyrrole nitrogens is 1. The molecule has 1 amide bonds. The topological polar surface area (TPSA) is 48.6 Å². The van der Waals surface area contributed by atoms with E-state index in [0.717, 1.165) is 47.0 Å². The number of anilines is 1. The van der Waals surface area contributed by atoms with Gasteiger partial charge in [-0.3, -0.25) is 4.79 Å². The molecule has 1 aliphatic heterocycles. The molecule has 0 atom stereocenters. The molecule has 0 aliphatic carbocycles. The molecule has 1 aromatic heterocycles. The van der Waals surface area contributed by atoms with Gasteiger partial charge in [0.1, 0.15) is 5.75 Å². The molecule has 1 aliphatic rings. The van der Waals surface area contributed by atoms with Crippen molar-refractivity contribution < 1.29 is 9.53 Å². The molecule has 4 rings (SSSR count). The first-order valence-corrected chi connectivity index (χ1v) is 10.4. The minimum absolute atomic E-state index is 0.105. The van der Waals surface area contributed by atoms with E-state index in [1.165, 1.54) is 11.1 Å². The zero-order valence-electron chi connectivity index (χ0n) is 18.2. The smallest absolute Gasteiger partial charge is 0.255 e. The lowest BCUT2D eigenvalue weighted by molar-refractivity contribution is 0.0746. The summed E-state index contributed by atoms with van der Waals surface area (Å²) in [4.78, 5) is 20.9. The highest BCUT2D eigenvalue weighted by Gasteiger charge is 2.24. The van der Waals surface area contributed by atoms with Crippen molar-refractivity contribution in [2.75, 3.05) is 38.2 Å². The van der Waals surface area contributed by atoms with Crippen LogP contribution in [-0.4, -0.2) is 49.1 Å². The van der Waals surface area contributed by atoms with Crippen LogP contribution in [0.1, 0.15) is 27.2 Å². The molecule has 0 unspecified atom stereocenters. The Balaban J connectivity index is 1.45. The molecule has 2 heterocycles. The fourth-order valence-corrected chi connectivity index (χ4v) is 3.98. The highest BCUT2D eigenvalue weighted by atomic mass is 16.5. The van der Waals surface area contributed by atoms with Gasteiger partial charge in [0.15, 0.2) is 0 Å². The van der Waals surface area contributed by atoms with Gasteiger partial charge in [0.2, 0.25) is 0 Å². The molecule has 1 N–H and O–H groups in total. The van der Waals surface area contributed by atoms with Crippen molar-refractivity contribution in [1.82, 2.24) is 9.88 Å². The number of nitrogens with one attached hydrogen (secondary N) is 1. The van der Waals surface area contributed by atoms with Gasteiger partial charge in [-0.25, -0.2) is 0 Å². The molecule has 0 saturated carbocycles. The zero-order chi connectivity index (χ0) is 21.3. The van der Waals surface area contributed by atoms with Crippen molar-refractivity contribution in [3.05, 3.63) is 70.9 Å². The number of piperazine rings is 1. The van der Waals surface area contributed by atoms with Gasteiger partial charge in [0.05, 0.1) is 12.7 Å². The molecule has 1 fully saturated rings. The molecule has 0 bridgehead atoms. The Labute approximate surface area is 178 Å². The number of aryl methyl sites for hydroxylation is 3. The molecule has 0 radical (unpaired) electrons. The van der Waals surface area contributed by atoms with Crippen molar-refractivity contribution in [3.8, 4) is 17.0 Å². The van der Waals surface area contributed by atoms with Crippen LogP contribution in [0, 0.1) is 20.8 Å². The normalized spacial score (nSPS) is 14.1. The van der Waals surface area contributed by atoms with Gasteiger partial charge in [0, 0.05) is 43.3 Å². The molecule has 30 heavy (non-hydrogen) atoms. The average Bonchev–Trinajstić information content (AvgIpc) is 3.17. The lowest BCUT2D eigenvalue weighted by Crippen LogP contribution is -2.48. The van der Waals surface area contributed by atoms with E-state index >= 15 is 0 Å². The number of methoxy groups -OCH3 is 1. The van der Waals surface area contributed by atoms with Crippen molar-refractivity contribution in [2.45, 2.75) is 20.8 Å². The van der Waals surface area contributed by atoms with E-state index in [0.29, 0.717) is 13.1 Å². The van der Waals surface area contributed by atoms with Crippen LogP contribution in [0.15, 0.2) is 48.5 Å². The Morgan fingerprint density at radius 2 is 1.60 bits per heavy atom. The van der Waals surface area contributed by atoms with Gasteiger partial charge in [0.25, 0.3) is 5.91 Å². The van der Waals surface area contributed by atoms with Crippen molar-refractivity contribution in [2.24, 2.45) is 0 Å². The zero-order valence-corrected chi connectivity index (χ0v) is 18.2. The van der Waals surface area contributed by atoms with Crippen LogP contribution in [0.4, 0.5) is 5.69 Å². The minimum Gasteiger partial charge on any atom is -0.497 e. The predicted octanol–water partition coefficient (Wildman–Crippen LogP) is 4.58. The summed E-state index contributed by atoms with van der Waals surface area (Å²) >= 11 is 0. The Kier molecular flexibility index (Phi) is 5.53. The molecule has 156 valence electrons. The molecule has 5 nitrogen and oxygen atoms in total. The van der Waals surface area contributed by atoms with E-state index in [-0.39, 0.29) is 5.91 Å². The monoisotopic (exact) mass is 403 g/mol. The van der Waals surface area contributed by atoms with Crippen LogP contribution in [-0.2, 0) is 0 Å². The summed E-state index contributed by atoms with van der Waals surface area (Å²) in [6.07, 6.45) is 0. The number of ether oxygens (including phenoxy) is 1. The number of rotatable bonds is 4. The third-order valence-corrected chi connectivity index (χ3v) is 6.07. The SMILES string of the molecule is COc1ccc(N2CCN(C(=O)c3cc(-c4ccc(C)c(C)c4)[nH]c3C)CC2)cc1. The molecule has 1 saturated heterocycles. The van der Waals surface area contributed by atoms with E-state index in [9.17, 15) is 4.79 Å². The highest BCUT2D eigenvalue weighted by molar-refractivity contribution is 5.97. The number of nitrogens with zero attached hydrogens (tertiary/aromatic N) is 2. The van der Waals surface area contributed by atoms with E-state index < -0.39 is 0 Å². The summed E-state index contributed by atoms with van der Waals surface area (Å²) in [6.45, 7) is 9.29. The maximum absolute atomic E-state index is 13.2. The Morgan fingerprint density at radius 1 is 0.900 bits per heavy atom. The van der Waals surface area contributed by atoms with E-state index in [2.05, 4.69) is 54.1 Å². The number of benzene rings is 2. The Hall–Kier alpha value is -3.21. The standard InChI is InChI=1S/C25H29N3O2/c1-17-5-6-20(15-18(17)2)24-16-23(19(3)26-24)25(29)28-13-11-27(12-14-28)21-7-9-22(30-4)10-8-21/h5-10,15-16,26H,11-14H2,1-4H3. The van der Waals surface area contributed by atoms with Gasteiger partial charge in [-0.1, -0.05) is 12.1 Å². The van der Waals surface area contributed by atoms with Gasteiger partial charge in [-0.2, -0.15) is 0 Å². The van der Waals surface area contributed by atoms with Crippen LogP contribution in [0.2, 0.25) is 0 Å². The lowest BCUT2D eigenvalue weighted by Gasteiger charge is -2.36.